The van der Waals surface area contributed by atoms with Crippen molar-refractivity contribution < 1.29 is 19.0 Å². The van der Waals surface area contributed by atoms with E-state index in [1.165, 1.54) is 12.8 Å². The van der Waals surface area contributed by atoms with Gasteiger partial charge in [-0.2, -0.15) is 0 Å². The van der Waals surface area contributed by atoms with Crippen molar-refractivity contribution in [3.05, 3.63) is 17.7 Å². The lowest BCUT2D eigenvalue weighted by atomic mass is 10.1. The zero-order valence-corrected chi connectivity index (χ0v) is 15.1. The molecule has 2 amide bonds. The fourth-order valence-corrected chi connectivity index (χ4v) is 3.31. The smallest absolute Gasteiger partial charge is 0.317 e. The first-order valence-corrected chi connectivity index (χ1v) is 8.48. The number of nitrogens with zero attached hydrogens (tertiary/aromatic N) is 1. The van der Waals surface area contributed by atoms with Gasteiger partial charge in [-0.25, -0.2) is 4.79 Å². The number of hydrogen-bond donors (Lipinski definition) is 1. The quantitative estimate of drug-likeness (QED) is 0.831. The lowest BCUT2D eigenvalue weighted by Gasteiger charge is -2.30. The molecule has 1 aliphatic rings. The Kier molecular flexibility index (Phi) is 6.58. The monoisotopic (exact) mass is 336 g/mol. The second-order valence-electron chi connectivity index (χ2n) is 5.90. The Morgan fingerprint density at radius 2 is 1.79 bits per heavy atom. The zero-order valence-electron chi connectivity index (χ0n) is 15.1. The van der Waals surface area contributed by atoms with Gasteiger partial charge in [-0.1, -0.05) is 12.8 Å². The number of carbonyl (C=O) groups is 1. The molecule has 0 saturated heterocycles. The van der Waals surface area contributed by atoms with E-state index in [0.29, 0.717) is 30.3 Å². The maximum atomic E-state index is 12.5. The number of methoxy groups -OCH3 is 3. The molecule has 1 aromatic rings. The highest BCUT2D eigenvalue weighted by atomic mass is 16.5. The third-order valence-corrected chi connectivity index (χ3v) is 4.48. The number of nitrogens with one attached hydrogen (secondary N) is 1. The van der Waals surface area contributed by atoms with Crippen LogP contribution in [0.25, 0.3) is 0 Å². The number of hydrogen-bond acceptors (Lipinski definition) is 4. The largest absolute Gasteiger partial charge is 0.493 e. The lowest BCUT2D eigenvalue weighted by Crippen LogP contribution is -2.44. The topological polar surface area (TPSA) is 60.0 Å². The van der Waals surface area contributed by atoms with Crippen molar-refractivity contribution in [1.29, 1.82) is 0 Å². The summed E-state index contributed by atoms with van der Waals surface area (Å²) in [7, 11) is 4.78. The molecule has 0 atom stereocenters. The highest BCUT2D eigenvalue weighted by molar-refractivity contribution is 5.74. The minimum atomic E-state index is -0.0266. The Bertz CT molecular complexity index is 556. The molecule has 0 unspecified atom stereocenters. The predicted molar refractivity (Wildman–Crippen MR) is 93.0 cm³/mol. The summed E-state index contributed by atoms with van der Waals surface area (Å²) in [5.41, 5.74) is 0.910. The Balaban J connectivity index is 2.32. The molecular formula is C18H28N2O4. The summed E-state index contributed by atoms with van der Waals surface area (Å²) in [5, 5.41) is 2.92. The molecule has 1 aliphatic carbocycles. The molecule has 0 aliphatic heterocycles. The van der Waals surface area contributed by atoms with Gasteiger partial charge in [0, 0.05) is 18.2 Å². The fraction of sp³-hybridized carbons (Fsp3) is 0.611. The van der Waals surface area contributed by atoms with Crippen molar-refractivity contribution >= 4 is 6.03 Å². The number of carbonyl (C=O) groups excluding carboxylic acids is 1. The van der Waals surface area contributed by atoms with Gasteiger partial charge in [0.05, 0.1) is 27.9 Å². The average molecular weight is 336 g/mol. The summed E-state index contributed by atoms with van der Waals surface area (Å²) in [4.78, 5) is 14.4. The Hall–Kier alpha value is -2.11. The molecule has 0 spiro atoms. The molecule has 2 rings (SSSR count). The number of ether oxygens (including phenoxy) is 3. The van der Waals surface area contributed by atoms with Gasteiger partial charge in [0.1, 0.15) is 0 Å². The summed E-state index contributed by atoms with van der Waals surface area (Å²) in [5.74, 6) is 1.78. The highest BCUT2D eigenvalue weighted by Gasteiger charge is 2.28. The first-order valence-electron chi connectivity index (χ1n) is 8.48. The molecule has 0 bridgehead atoms. The van der Waals surface area contributed by atoms with Gasteiger partial charge in [-0.15, -0.1) is 0 Å². The number of rotatable bonds is 7. The van der Waals surface area contributed by atoms with Crippen molar-refractivity contribution in [2.75, 3.05) is 27.9 Å². The van der Waals surface area contributed by atoms with Crippen molar-refractivity contribution in [3.63, 3.8) is 0 Å². The minimum absolute atomic E-state index is 0.0266. The van der Waals surface area contributed by atoms with Crippen molar-refractivity contribution in [3.8, 4) is 17.2 Å². The Morgan fingerprint density at radius 3 is 2.33 bits per heavy atom. The molecule has 0 heterocycles. The van der Waals surface area contributed by atoms with Gasteiger partial charge in [0.15, 0.2) is 11.5 Å². The van der Waals surface area contributed by atoms with Crippen LogP contribution in [0.1, 0.15) is 38.2 Å². The standard InChI is InChI=1S/C18H28N2O4/c1-5-19-18(21)20(14-8-6-7-9-14)12-13-10-11-15(22-2)17(24-4)16(13)23-3/h10-11,14H,5-9,12H2,1-4H3,(H,19,21). The van der Waals surface area contributed by atoms with Gasteiger partial charge >= 0.3 is 6.03 Å². The van der Waals surface area contributed by atoms with Crippen LogP contribution < -0.4 is 19.5 Å². The average Bonchev–Trinajstić information content (AvgIpc) is 3.12. The summed E-state index contributed by atoms with van der Waals surface area (Å²) < 4.78 is 16.3. The molecule has 24 heavy (non-hydrogen) atoms. The van der Waals surface area contributed by atoms with Gasteiger partial charge in [-0.05, 0) is 31.9 Å². The second-order valence-corrected chi connectivity index (χ2v) is 5.90. The lowest BCUT2D eigenvalue weighted by molar-refractivity contribution is 0.170. The number of benzene rings is 1. The maximum absolute atomic E-state index is 12.5. The molecule has 6 nitrogen and oxygen atoms in total. The highest BCUT2D eigenvalue weighted by Crippen LogP contribution is 2.40. The van der Waals surface area contributed by atoms with Gasteiger partial charge in [-0.3, -0.25) is 0 Å². The fourth-order valence-electron chi connectivity index (χ4n) is 3.31. The summed E-state index contributed by atoms with van der Waals surface area (Å²) >= 11 is 0. The number of amides is 2. The third-order valence-electron chi connectivity index (χ3n) is 4.48. The van der Waals surface area contributed by atoms with E-state index in [1.54, 1.807) is 21.3 Å². The van der Waals surface area contributed by atoms with Crippen molar-refractivity contribution in [2.24, 2.45) is 0 Å². The van der Waals surface area contributed by atoms with E-state index in [2.05, 4.69) is 5.32 Å². The molecular weight excluding hydrogens is 308 g/mol. The molecule has 0 aromatic heterocycles. The molecule has 134 valence electrons. The molecule has 6 heteroatoms. The predicted octanol–water partition coefficient (Wildman–Crippen LogP) is 3.19. The summed E-state index contributed by atoms with van der Waals surface area (Å²) in [6.07, 6.45) is 4.44. The van der Waals surface area contributed by atoms with Crippen LogP contribution in [0.4, 0.5) is 4.79 Å². The molecule has 1 fully saturated rings. The summed E-state index contributed by atoms with van der Waals surface area (Å²) in [6, 6.07) is 4.03. The summed E-state index contributed by atoms with van der Waals surface area (Å²) in [6.45, 7) is 3.03. The Morgan fingerprint density at radius 1 is 1.12 bits per heavy atom. The van der Waals surface area contributed by atoms with E-state index in [1.807, 2.05) is 24.0 Å². The van der Waals surface area contributed by atoms with E-state index in [9.17, 15) is 4.79 Å². The van der Waals surface area contributed by atoms with Gasteiger partial charge in [0.25, 0.3) is 0 Å². The molecule has 1 N–H and O–H groups in total. The van der Waals surface area contributed by atoms with Crippen LogP contribution in [0.3, 0.4) is 0 Å². The Labute approximate surface area is 144 Å². The first kappa shape index (κ1) is 18.2. The second kappa shape index (κ2) is 8.66. The zero-order chi connectivity index (χ0) is 17.5. The van der Waals surface area contributed by atoms with E-state index >= 15 is 0 Å². The van der Waals surface area contributed by atoms with E-state index in [4.69, 9.17) is 14.2 Å². The van der Waals surface area contributed by atoms with Crippen LogP contribution in [0.2, 0.25) is 0 Å². The normalized spacial score (nSPS) is 14.3. The van der Waals surface area contributed by atoms with E-state index < -0.39 is 0 Å². The van der Waals surface area contributed by atoms with E-state index in [-0.39, 0.29) is 12.1 Å². The van der Waals surface area contributed by atoms with Crippen LogP contribution in [-0.4, -0.2) is 44.8 Å². The van der Waals surface area contributed by atoms with Gasteiger partial charge < -0.3 is 24.4 Å². The third kappa shape index (κ3) is 3.86. The van der Waals surface area contributed by atoms with Crippen LogP contribution >= 0.6 is 0 Å². The SMILES string of the molecule is CCNC(=O)N(Cc1ccc(OC)c(OC)c1OC)C1CCCC1. The van der Waals surface area contributed by atoms with Crippen molar-refractivity contribution in [1.82, 2.24) is 10.2 Å². The van der Waals surface area contributed by atoms with Crippen LogP contribution in [0.5, 0.6) is 17.2 Å². The maximum Gasteiger partial charge on any atom is 0.317 e. The van der Waals surface area contributed by atoms with Crippen molar-refractivity contribution in [2.45, 2.75) is 45.2 Å². The first-order chi connectivity index (χ1) is 11.7. The molecule has 1 aromatic carbocycles. The van der Waals surface area contributed by atoms with E-state index in [0.717, 1.165) is 18.4 Å². The van der Waals surface area contributed by atoms with Crippen LogP contribution in [0.15, 0.2) is 12.1 Å². The molecule has 1 saturated carbocycles. The van der Waals surface area contributed by atoms with Gasteiger partial charge in [0.2, 0.25) is 5.75 Å². The minimum Gasteiger partial charge on any atom is -0.493 e. The van der Waals surface area contributed by atoms with Crippen LogP contribution in [-0.2, 0) is 6.54 Å². The number of urea groups is 1. The molecule has 0 radical (unpaired) electrons. The van der Waals surface area contributed by atoms with Crippen LogP contribution in [0, 0.1) is 0 Å².